The van der Waals surface area contributed by atoms with Crippen LogP contribution >= 0.6 is 0 Å². The second-order valence-electron chi connectivity index (χ2n) is 6.95. The largest absolute Gasteiger partial charge is 0.497 e. The zero-order valence-electron chi connectivity index (χ0n) is 14.8. The third-order valence-corrected chi connectivity index (χ3v) is 4.72. The molecule has 122 valence electrons. The molecule has 0 radical (unpaired) electrons. The van der Waals surface area contributed by atoms with E-state index in [1.54, 1.807) is 7.11 Å². The molecule has 2 aromatic rings. The first kappa shape index (κ1) is 15.7. The Balaban J connectivity index is 2.02. The summed E-state index contributed by atoms with van der Waals surface area (Å²) >= 11 is 0. The number of ether oxygens (including phenoxy) is 2. The molecule has 1 N–H and O–H groups in total. The molecule has 3 rings (SSSR count). The van der Waals surface area contributed by atoms with Crippen LogP contribution in [0.5, 0.6) is 11.5 Å². The lowest BCUT2D eigenvalue weighted by Crippen LogP contribution is -2.24. The van der Waals surface area contributed by atoms with Crippen LogP contribution in [0.3, 0.4) is 0 Å². The summed E-state index contributed by atoms with van der Waals surface area (Å²) in [4.78, 5) is 0. The van der Waals surface area contributed by atoms with Gasteiger partial charge in [-0.05, 0) is 75.6 Å². The summed E-state index contributed by atoms with van der Waals surface area (Å²) in [6.45, 7) is 10.8. The molecule has 0 saturated carbocycles. The highest BCUT2D eigenvalue weighted by Gasteiger charge is 2.34. The molecule has 0 saturated heterocycles. The number of methoxy groups -OCH3 is 1. The highest BCUT2D eigenvalue weighted by molar-refractivity contribution is 5.73. The van der Waals surface area contributed by atoms with Gasteiger partial charge in [0.15, 0.2) is 0 Å². The SMILES string of the molecule is COc1ccc(Nc2c(C)c(C)c3c(c2C)CC(C)(C)O3)cc1. The predicted octanol–water partition coefficient (Wildman–Crippen LogP) is 5.08. The molecule has 3 heteroatoms. The Morgan fingerprint density at radius 2 is 1.65 bits per heavy atom. The minimum Gasteiger partial charge on any atom is -0.497 e. The number of benzene rings is 2. The highest BCUT2D eigenvalue weighted by atomic mass is 16.5. The molecule has 3 nitrogen and oxygen atoms in total. The van der Waals surface area contributed by atoms with Crippen molar-refractivity contribution in [1.82, 2.24) is 0 Å². The lowest BCUT2D eigenvalue weighted by atomic mass is 9.92. The number of anilines is 2. The summed E-state index contributed by atoms with van der Waals surface area (Å²) < 4.78 is 11.4. The van der Waals surface area contributed by atoms with Crippen LogP contribution in [-0.4, -0.2) is 12.7 Å². The van der Waals surface area contributed by atoms with E-state index in [1.165, 1.54) is 27.9 Å². The van der Waals surface area contributed by atoms with Crippen molar-refractivity contribution in [3.63, 3.8) is 0 Å². The van der Waals surface area contributed by atoms with E-state index in [2.05, 4.69) is 39.9 Å². The quantitative estimate of drug-likeness (QED) is 0.857. The molecule has 0 unspecified atom stereocenters. The Kier molecular flexibility index (Phi) is 3.75. The first-order chi connectivity index (χ1) is 10.8. The topological polar surface area (TPSA) is 30.5 Å². The van der Waals surface area contributed by atoms with Gasteiger partial charge in [-0.15, -0.1) is 0 Å². The van der Waals surface area contributed by atoms with Gasteiger partial charge in [-0.3, -0.25) is 0 Å². The Bertz CT molecular complexity index is 745. The van der Waals surface area contributed by atoms with Crippen molar-refractivity contribution in [1.29, 1.82) is 0 Å². The van der Waals surface area contributed by atoms with E-state index in [1.807, 2.05) is 24.3 Å². The van der Waals surface area contributed by atoms with E-state index in [4.69, 9.17) is 9.47 Å². The van der Waals surface area contributed by atoms with Crippen LogP contribution in [-0.2, 0) is 6.42 Å². The van der Waals surface area contributed by atoms with Gasteiger partial charge in [0.25, 0.3) is 0 Å². The smallest absolute Gasteiger partial charge is 0.127 e. The number of hydrogen-bond donors (Lipinski definition) is 1. The van der Waals surface area contributed by atoms with E-state index < -0.39 is 0 Å². The summed E-state index contributed by atoms with van der Waals surface area (Å²) in [5.74, 6) is 1.94. The molecular weight excluding hydrogens is 286 g/mol. The molecule has 1 aliphatic rings. The fourth-order valence-electron chi connectivity index (χ4n) is 3.28. The minimum atomic E-state index is -0.122. The van der Waals surface area contributed by atoms with E-state index in [0.717, 1.165) is 23.6 Å². The molecule has 0 amide bonds. The number of rotatable bonds is 3. The summed E-state index contributed by atoms with van der Waals surface area (Å²) in [7, 11) is 1.68. The minimum absolute atomic E-state index is 0.122. The number of nitrogens with one attached hydrogen (secondary N) is 1. The Morgan fingerprint density at radius 1 is 1.00 bits per heavy atom. The Labute approximate surface area is 138 Å². The van der Waals surface area contributed by atoms with Crippen molar-refractivity contribution in [2.45, 2.75) is 46.6 Å². The molecule has 0 spiro atoms. The summed E-state index contributed by atoms with van der Waals surface area (Å²) in [6.07, 6.45) is 0.951. The van der Waals surface area contributed by atoms with Crippen LogP contribution in [0.4, 0.5) is 11.4 Å². The van der Waals surface area contributed by atoms with Crippen LogP contribution in [0, 0.1) is 20.8 Å². The van der Waals surface area contributed by atoms with Gasteiger partial charge >= 0.3 is 0 Å². The first-order valence-corrected chi connectivity index (χ1v) is 8.05. The fourth-order valence-corrected chi connectivity index (χ4v) is 3.28. The molecule has 23 heavy (non-hydrogen) atoms. The van der Waals surface area contributed by atoms with Crippen molar-refractivity contribution in [2.75, 3.05) is 12.4 Å². The van der Waals surface area contributed by atoms with Crippen LogP contribution < -0.4 is 14.8 Å². The molecule has 0 aliphatic carbocycles. The molecule has 1 heterocycles. The van der Waals surface area contributed by atoms with E-state index in [9.17, 15) is 0 Å². The van der Waals surface area contributed by atoms with Crippen LogP contribution in [0.2, 0.25) is 0 Å². The molecule has 0 fully saturated rings. The maximum Gasteiger partial charge on any atom is 0.127 e. The van der Waals surface area contributed by atoms with E-state index in [-0.39, 0.29) is 5.60 Å². The molecule has 0 bridgehead atoms. The van der Waals surface area contributed by atoms with Gasteiger partial charge < -0.3 is 14.8 Å². The summed E-state index contributed by atoms with van der Waals surface area (Å²) in [5, 5.41) is 3.58. The zero-order chi connectivity index (χ0) is 16.8. The third kappa shape index (κ3) is 2.76. The maximum absolute atomic E-state index is 6.18. The lowest BCUT2D eigenvalue weighted by Gasteiger charge is -2.20. The van der Waals surface area contributed by atoms with Crippen molar-refractivity contribution in [3.05, 3.63) is 46.5 Å². The normalized spacial score (nSPS) is 15.0. The highest BCUT2D eigenvalue weighted by Crippen LogP contribution is 2.44. The monoisotopic (exact) mass is 311 g/mol. The molecule has 1 aliphatic heterocycles. The van der Waals surface area contributed by atoms with Gasteiger partial charge in [-0.1, -0.05) is 0 Å². The van der Waals surface area contributed by atoms with Crippen molar-refractivity contribution in [2.24, 2.45) is 0 Å². The van der Waals surface area contributed by atoms with Crippen molar-refractivity contribution < 1.29 is 9.47 Å². The predicted molar refractivity (Wildman–Crippen MR) is 95.3 cm³/mol. The molecule has 0 atom stereocenters. The van der Waals surface area contributed by atoms with Crippen molar-refractivity contribution in [3.8, 4) is 11.5 Å². The molecule has 0 aromatic heterocycles. The summed E-state index contributed by atoms with van der Waals surface area (Å²) in [5.41, 5.74) is 7.21. The van der Waals surface area contributed by atoms with E-state index in [0.29, 0.717) is 0 Å². The van der Waals surface area contributed by atoms with Gasteiger partial charge in [-0.25, -0.2) is 0 Å². The average Bonchev–Trinajstić information content (AvgIpc) is 2.86. The first-order valence-electron chi connectivity index (χ1n) is 8.05. The van der Waals surface area contributed by atoms with Gasteiger partial charge in [0.2, 0.25) is 0 Å². The maximum atomic E-state index is 6.18. The zero-order valence-corrected chi connectivity index (χ0v) is 14.8. The summed E-state index contributed by atoms with van der Waals surface area (Å²) in [6, 6.07) is 8.03. The Hall–Kier alpha value is -2.16. The molecule has 2 aromatic carbocycles. The number of fused-ring (bicyclic) bond motifs is 1. The van der Waals surface area contributed by atoms with Gasteiger partial charge in [-0.2, -0.15) is 0 Å². The van der Waals surface area contributed by atoms with Crippen LogP contribution in [0.15, 0.2) is 24.3 Å². The van der Waals surface area contributed by atoms with E-state index >= 15 is 0 Å². The standard InChI is InChI=1S/C20H25NO2/c1-12-13(2)19-17(11-20(4,5)23-19)14(3)18(12)21-15-7-9-16(22-6)10-8-15/h7-10,21H,11H2,1-6H3. The second kappa shape index (κ2) is 5.48. The Morgan fingerprint density at radius 3 is 2.26 bits per heavy atom. The lowest BCUT2D eigenvalue weighted by molar-refractivity contribution is 0.137. The number of hydrogen-bond acceptors (Lipinski definition) is 3. The van der Waals surface area contributed by atoms with Gasteiger partial charge in [0, 0.05) is 23.4 Å². The van der Waals surface area contributed by atoms with Gasteiger partial charge in [0.1, 0.15) is 17.1 Å². The molecular formula is C20H25NO2. The second-order valence-corrected chi connectivity index (χ2v) is 6.95. The van der Waals surface area contributed by atoms with Crippen molar-refractivity contribution >= 4 is 11.4 Å². The van der Waals surface area contributed by atoms with Crippen LogP contribution in [0.25, 0.3) is 0 Å². The third-order valence-electron chi connectivity index (χ3n) is 4.72. The fraction of sp³-hybridized carbons (Fsp3) is 0.400. The van der Waals surface area contributed by atoms with Gasteiger partial charge in [0.05, 0.1) is 7.11 Å². The van der Waals surface area contributed by atoms with Crippen LogP contribution in [0.1, 0.15) is 36.1 Å². The average molecular weight is 311 g/mol.